The molecule has 0 bridgehead atoms. The number of rotatable bonds is 2. The van der Waals surface area contributed by atoms with Crippen LogP contribution in [0.4, 0.5) is 0 Å². The topological polar surface area (TPSA) is 54.5 Å². The molecular weight excluding hydrogens is 190 g/mol. The van der Waals surface area contributed by atoms with E-state index < -0.39 is 15.5 Å². The van der Waals surface area contributed by atoms with E-state index in [0.717, 1.165) is 4.31 Å². The van der Waals surface area contributed by atoms with Crippen molar-refractivity contribution in [1.29, 1.82) is 0 Å². The second kappa shape index (κ2) is 2.73. The van der Waals surface area contributed by atoms with Crippen LogP contribution in [0.15, 0.2) is 0 Å². The zero-order chi connectivity index (χ0) is 8.65. The van der Waals surface area contributed by atoms with Gasteiger partial charge in [-0.05, 0) is 6.92 Å². The SMILES string of the molecule is CCS(=O)(=O)N1CC(=O)C1Cl. The highest BCUT2D eigenvalue weighted by atomic mass is 35.5. The zero-order valence-electron chi connectivity index (χ0n) is 5.95. The molecule has 1 heterocycles. The maximum Gasteiger partial charge on any atom is 0.215 e. The lowest BCUT2D eigenvalue weighted by Gasteiger charge is -2.33. The molecule has 0 aromatic heterocycles. The van der Waals surface area contributed by atoms with Crippen LogP contribution in [0.1, 0.15) is 6.92 Å². The molecule has 64 valence electrons. The van der Waals surface area contributed by atoms with Gasteiger partial charge in [0.1, 0.15) is 0 Å². The van der Waals surface area contributed by atoms with Gasteiger partial charge in [0.15, 0.2) is 11.3 Å². The Bertz CT molecular complexity index is 273. The minimum absolute atomic E-state index is 0.0104. The lowest BCUT2D eigenvalue weighted by atomic mass is 10.3. The van der Waals surface area contributed by atoms with Crippen LogP contribution in [-0.4, -0.2) is 36.3 Å². The Morgan fingerprint density at radius 1 is 1.73 bits per heavy atom. The molecule has 1 unspecified atom stereocenters. The highest BCUT2D eigenvalue weighted by Gasteiger charge is 2.42. The molecule has 0 saturated carbocycles. The fourth-order valence-electron chi connectivity index (χ4n) is 0.762. The molecule has 1 rings (SSSR count). The predicted octanol–water partition coefficient (Wildman–Crippen LogP) is -0.214. The normalized spacial score (nSPS) is 26.7. The van der Waals surface area contributed by atoms with E-state index in [9.17, 15) is 13.2 Å². The van der Waals surface area contributed by atoms with Crippen molar-refractivity contribution in [2.75, 3.05) is 12.3 Å². The Morgan fingerprint density at radius 3 is 2.55 bits per heavy atom. The molecule has 0 radical (unpaired) electrons. The van der Waals surface area contributed by atoms with E-state index in [4.69, 9.17) is 11.6 Å². The summed E-state index contributed by atoms with van der Waals surface area (Å²) in [5.74, 6) is -0.243. The molecule has 0 spiro atoms. The van der Waals surface area contributed by atoms with E-state index in [1.165, 1.54) is 6.92 Å². The Kier molecular flexibility index (Phi) is 2.22. The third kappa shape index (κ3) is 1.40. The Hall–Kier alpha value is -0.130. The van der Waals surface area contributed by atoms with E-state index >= 15 is 0 Å². The summed E-state index contributed by atoms with van der Waals surface area (Å²) in [6.45, 7) is 1.45. The maximum absolute atomic E-state index is 11.0. The minimum Gasteiger partial charge on any atom is -0.295 e. The number of sulfonamides is 1. The smallest absolute Gasteiger partial charge is 0.215 e. The summed E-state index contributed by atoms with van der Waals surface area (Å²) in [5.41, 5.74) is -0.958. The average molecular weight is 198 g/mol. The largest absolute Gasteiger partial charge is 0.295 e. The Balaban J connectivity index is 2.74. The molecule has 0 aromatic rings. The summed E-state index contributed by atoms with van der Waals surface area (Å²) >= 11 is 5.43. The van der Waals surface area contributed by atoms with Gasteiger partial charge >= 0.3 is 0 Å². The third-order valence-electron chi connectivity index (χ3n) is 1.55. The number of carbonyl (C=O) groups excluding carboxylic acids is 1. The molecular formula is C5H8ClNO3S. The van der Waals surface area contributed by atoms with Crippen molar-refractivity contribution < 1.29 is 13.2 Å². The first kappa shape index (κ1) is 8.96. The number of alkyl halides is 1. The molecule has 0 N–H and O–H groups in total. The van der Waals surface area contributed by atoms with Gasteiger partial charge in [0.2, 0.25) is 10.0 Å². The predicted molar refractivity (Wildman–Crippen MR) is 40.8 cm³/mol. The van der Waals surface area contributed by atoms with E-state index in [1.54, 1.807) is 0 Å². The van der Waals surface area contributed by atoms with Crippen LogP contribution in [-0.2, 0) is 14.8 Å². The second-order valence-electron chi connectivity index (χ2n) is 2.25. The highest BCUT2D eigenvalue weighted by Crippen LogP contribution is 2.21. The van der Waals surface area contributed by atoms with Gasteiger partial charge in [-0.1, -0.05) is 11.6 Å². The van der Waals surface area contributed by atoms with Crippen LogP contribution in [0.3, 0.4) is 0 Å². The van der Waals surface area contributed by atoms with Crippen LogP contribution < -0.4 is 0 Å². The number of halogens is 1. The molecule has 1 aliphatic heterocycles. The lowest BCUT2D eigenvalue weighted by molar-refractivity contribution is -0.127. The van der Waals surface area contributed by atoms with Crippen molar-refractivity contribution >= 4 is 27.4 Å². The number of hydrogen-bond donors (Lipinski definition) is 0. The van der Waals surface area contributed by atoms with Gasteiger partial charge in [-0.2, -0.15) is 4.31 Å². The highest BCUT2D eigenvalue weighted by molar-refractivity contribution is 7.89. The van der Waals surface area contributed by atoms with Crippen molar-refractivity contribution in [1.82, 2.24) is 4.31 Å². The number of hydrogen-bond acceptors (Lipinski definition) is 3. The molecule has 1 aliphatic rings. The molecule has 0 aromatic carbocycles. The number of Topliss-reactive ketones (excluding diaryl/α,β-unsaturated/α-hetero) is 1. The quantitative estimate of drug-likeness (QED) is 0.455. The lowest BCUT2D eigenvalue weighted by Crippen LogP contribution is -2.56. The summed E-state index contributed by atoms with van der Waals surface area (Å²) in [5, 5.41) is 0. The first-order chi connectivity index (χ1) is 4.99. The minimum atomic E-state index is -3.26. The zero-order valence-corrected chi connectivity index (χ0v) is 7.52. The molecule has 11 heavy (non-hydrogen) atoms. The fraction of sp³-hybridized carbons (Fsp3) is 0.800. The van der Waals surface area contributed by atoms with Gasteiger partial charge < -0.3 is 0 Å². The van der Waals surface area contributed by atoms with Crippen LogP contribution in [0, 0.1) is 0 Å². The summed E-state index contributed by atoms with van der Waals surface area (Å²) in [7, 11) is -3.26. The monoisotopic (exact) mass is 197 g/mol. The first-order valence-electron chi connectivity index (χ1n) is 3.15. The van der Waals surface area contributed by atoms with Gasteiger partial charge in [-0.15, -0.1) is 0 Å². The van der Waals surface area contributed by atoms with E-state index in [-0.39, 0.29) is 18.1 Å². The summed E-state index contributed by atoms with van der Waals surface area (Å²) in [4.78, 5) is 10.6. The number of carbonyl (C=O) groups is 1. The Labute approximate surface area is 70.2 Å². The molecule has 1 saturated heterocycles. The fourth-order valence-corrected chi connectivity index (χ4v) is 2.32. The van der Waals surface area contributed by atoms with Crippen molar-refractivity contribution in [3.63, 3.8) is 0 Å². The van der Waals surface area contributed by atoms with Crippen LogP contribution in [0.25, 0.3) is 0 Å². The first-order valence-corrected chi connectivity index (χ1v) is 5.20. The van der Waals surface area contributed by atoms with Crippen LogP contribution in [0.5, 0.6) is 0 Å². The van der Waals surface area contributed by atoms with Gasteiger partial charge in [-0.25, -0.2) is 8.42 Å². The van der Waals surface area contributed by atoms with Gasteiger partial charge in [0, 0.05) is 0 Å². The van der Waals surface area contributed by atoms with Gasteiger partial charge in [-0.3, -0.25) is 4.79 Å². The molecule has 0 amide bonds. The Morgan fingerprint density at radius 2 is 2.27 bits per heavy atom. The van der Waals surface area contributed by atoms with Crippen LogP contribution in [0.2, 0.25) is 0 Å². The molecule has 1 fully saturated rings. The van der Waals surface area contributed by atoms with Crippen molar-refractivity contribution in [2.45, 2.75) is 12.4 Å². The summed E-state index contributed by atoms with van der Waals surface area (Å²) < 4.78 is 23.1. The molecule has 1 atom stereocenters. The van der Waals surface area contributed by atoms with E-state index in [0.29, 0.717) is 0 Å². The number of ketones is 1. The van der Waals surface area contributed by atoms with E-state index in [2.05, 4.69) is 0 Å². The third-order valence-corrected chi connectivity index (χ3v) is 3.93. The summed E-state index contributed by atoms with van der Waals surface area (Å²) in [6.07, 6.45) is 0. The molecule has 6 heteroatoms. The number of nitrogens with zero attached hydrogens (tertiary/aromatic N) is 1. The maximum atomic E-state index is 11.0. The van der Waals surface area contributed by atoms with E-state index in [1.807, 2.05) is 0 Å². The van der Waals surface area contributed by atoms with Crippen molar-refractivity contribution in [3.8, 4) is 0 Å². The average Bonchev–Trinajstić information content (AvgIpc) is 1.99. The summed E-state index contributed by atoms with van der Waals surface area (Å²) in [6, 6.07) is 0. The van der Waals surface area contributed by atoms with Crippen molar-refractivity contribution in [3.05, 3.63) is 0 Å². The van der Waals surface area contributed by atoms with Crippen LogP contribution >= 0.6 is 11.6 Å². The van der Waals surface area contributed by atoms with Crippen molar-refractivity contribution in [2.24, 2.45) is 0 Å². The molecule has 4 nitrogen and oxygen atoms in total. The second-order valence-corrected chi connectivity index (χ2v) is 4.87. The standard InChI is InChI=1S/C5H8ClNO3S/c1-2-11(9,10)7-3-4(8)5(7)6/h5H,2-3H2,1H3. The van der Waals surface area contributed by atoms with Gasteiger partial charge in [0.25, 0.3) is 0 Å². The van der Waals surface area contributed by atoms with Gasteiger partial charge in [0.05, 0.1) is 12.3 Å². The molecule has 0 aliphatic carbocycles.